The van der Waals surface area contributed by atoms with Crippen LogP contribution in [0.15, 0.2) is 58.7 Å². The second-order valence-corrected chi connectivity index (χ2v) is 7.96. The first kappa shape index (κ1) is 21.5. The monoisotopic (exact) mass is 444 g/mol. The predicted molar refractivity (Wildman–Crippen MR) is 117 cm³/mol. The van der Waals surface area contributed by atoms with Crippen LogP contribution in [-0.4, -0.2) is 39.0 Å². The van der Waals surface area contributed by atoms with Gasteiger partial charge in [0.2, 0.25) is 11.8 Å². The fourth-order valence-corrected chi connectivity index (χ4v) is 3.58. The van der Waals surface area contributed by atoms with Crippen molar-refractivity contribution in [3.8, 4) is 0 Å². The van der Waals surface area contributed by atoms with Crippen molar-refractivity contribution in [2.75, 3.05) is 5.32 Å². The van der Waals surface area contributed by atoms with Crippen LogP contribution in [0.1, 0.15) is 29.3 Å². The Morgan fingerprint density at radius 1 is 1.13 bits per heavy atom. The number of carboxylic acids is 1. The van der Waals surface area contributed by atoms with Crippen LogP contribution in [0.4, 0.5) is 5.69 Å². The van der Waals surface area contributed by atoms with Crippen molar-refractivity contribution in [2.45, 2.75) is 18.6 Å². The van der Waals surface area contributed by atoms with Crippen molar-refractivity contribution in [3.63, 3.8) is 0 Å². The molecule has 154 valence electrons. The minimum atomic E-state index is -1.05. The van der Waals surface area contributed by atoms with Crippen LogP contribution in [0.5, 0.6) is 0 Å². The fourth-order valence-electron chi connectivity index (χ4n) is 2.53. The van der Waals surface area contributed by atoms with Gasteiger partial charge in [-0.25, -0.2) is 4.79 Å². The Balaban J connectivity index is 1.68. The summed E-state index contributed by atoms with van der Waals surface area (Å²) in [5.41, 5.74) is 2.00. The highest BCUT2D eigenvalue weighted by Gasteiger charge is 2.30. The van der Waals surface area contributed by atoms with Crippen molar-refractivity contribution in [3.05, 3.63) is 64.7 Å². The molecule has 3 rings (SSSR count). The molecule has 1 saturated heterocycles. The van der Waals surface area contributed by atoms with Crippen LogP contribution >= 0.6 is 23.4 Å². The lowest BCUT2D eigenvalue weighted by atomic mass is 10.1. The Labute approximate surface area is 181 Å². The number of carbonyl (C=O) groups is 3. The van der Waals surface area contributed by atoms with E-state index in [4.69, 9.17) is 16.7 Å². The van der Waals surface area contributed by atoms with Gasteiger partial charge in [-0.15, -0.1) is 5.10 Å². The zero-order valence-electron chi connectivity index (χ0n) is 15.8. The molecule has 1 aliphatic rings. The Hall–Kier alpha value is -3.17. The minimum Gasteiger partial charge on any atom is -0.478 e. The zero-order valence-corrected chi connectivity index (χ0v) is 17.3. The van der Waals surface area contributed by atoms with Crippen LogP contribution in [-0.2, 0) is 9.59 Å². The van der Waals surface area contributed by atoms with E-state index in [-0.39, 0.29) is 29.0 Å². The number of hydrogen-bond donors (Lipinski definition) is 3. The number of amidine groups is 1. The van der Waals surface area contributed by atoms with Gasteiger partial charge in [-0.05, 0) is 48.9 Å². The number of thioether (sulfide) groups is 1. The molecule has 1 atom stereocenters. The third-order valence-corrected chi connectivity index (χ3v) is 5.44. The number of hydrogen-bond acceptors (Lipinski definition) is 6. The van der Waals surface area contributed by atoms with Crippen molar-refractivity contribution in [2.24, 2.45) is 10.2 Å². The van der Waals surface area contributed by atoms with E-state index in [0.29, 0.717) is 16.4 Å². The van der Waals surface area contributed by atoms with Crippen LogP contribution in [0, 0.1) is 0 Å². The van der Waals surface area contributed by atoms with Gasteiger partial charge in [0.25, 0.3) is 0 Å². The second kappa shape index (κ2) is 9.55. The van der Waals surface area contributed by atoms with Crippen molar-refractivity contribution in [1.29, 1.82) is 0 Å². The molecular weight excluding hydrogens is 428 g/mol. The van der Waals surface area contributed by atoms with Gasteiger partial charge in [0.15, 0.2) is 5.17 Å². The van der Waals surface area contributed by atoms with E-state index >= 15 is 0 Å². The van der Waals surface area contributed by atoms with Gasteiger partial charge in [-0.2, -0.15) is 5.10 Å². The fraction of sp³-hybridized carbons (Fsp3) is 0.150. The van der Waals surface area contributed by atoms with E-state index in [2.05, 4.69) is 20.8 Å². The first-order valence-corrected chi connectivity index (χ1v) is 10.1. The van der Waals surface area contributed by atoms with E-state index in [1.54, 1.807) is 31.2 Å². The summed E-state index contributed by atoms with van der Waals surface area (Å²) in [6.45, 7) is 1.77. The number of amides is 2. The molecule has 0 bridgehead atoms. The molecule has 3 N–H and O–H groups in total. The number of benzene rings is 2. The maximum Gasteiger partial charge on any atom is 0.335 e. The molecule has 10 heteroatoms. The van der Waals surface area contributed by atoms with Crippen molar-refractivity contribution < 1.29 is 19.5 Å². The third kappa shape index (κ3) is 5.68. The molecule has 2 aromatic rings. The highest BCUT2D eigenvalue weighted by atomic mass is 35.5. The molecule has 1 unspecified atom stereocenters. The quantitative estimate of drug-likeness (QED) is 0.482. The Morgan fingerprint density at radius 2 is 1.77 bits per heavy atom. The standard InChI is InChI=1S/C20H17ClN4O4S/c1-11(12-2-6-14(21)7-3-12)24-25-20-23-17(26)10-16(30-20)18(27)22-15-8-4-13(5-9-15)19(28)29/h2-9,16H,10H2,1H3,(H,22,27)(H,28,29)(H,23,25,26). The number of carboxylic acid groups (broad SMARTS) is 1. The van der Waals surface area contributed by atoms with Crippen LogP contribution in [0.25, 0.3) is 0 Å². The Kier molecular flexibility index (Phi) is 6.86. The van der Waals surface area contributed by atoms with Gasteiger partial charge < -0.3 is 15.7 Å². The minimum absolute atomic E-state index is 0.0113. The Morgan fingerprint density at radius 3 is 2.40 bits per heavy atom. The number of carbonyl (C=O) groups excluding carboxylic acids is 2. The third-order valence-electron chi connectivity index (χ3n) is 4.12. The lowest BCUT2D eigenvalue weighted by molar-refractivity contribution is -0.123. The molecule has 8 nitrogen and oxygen atoms in total. The predicted octanol–water partition coefficient (Wildman–Crippen LogP) is 3.38. The molecule has 30 heavy (non-hydrogen) atoms. The zero-order chi connectivity index (χ0) is 21.7. The van der Waals surface area contributed by atoms with Gasteiger partial charge in [0.1, 0.15) is 5.25 Å². The molecule has 0 saturated carbocycles. The average molecular weight is 445 g/mol. The first-order valence-electron chi connectivity index (χ1n) is 8.81. The molecule has 2 aromatic carbocycles. The maximum atomic E-state index is 12.5. The summed E-state index contributed by atoms with van der Waals surface area (Å²) in [4.78, 5) is 35.4. The van der Waals surface area contributed by atoms with E-state index in [9.17, 15) is 14.4 Å². The summed E-state index contributed by atoms with van der Waals surface area (Å²) < 4.78 is 0. The van der Waals surface area contributed by atoms with Gasteiger partial charge >= 0.3 is 5.97 Å². The topological polar surface area (TPSA) is 120 Å². The molecular formula is C20H17ClN4O4S. The van der Waals surface area contributed by atoms with Gasteiger partial charge in [0, 0.05) is 17.1 Å². The van der Waals surface area contributed by atoms with E-state index in [0.717, 1.165) is 17.3 Å². The number of rotatable bonds is 5. The molecule has 1 aliphatic heterocycles. The highest BCUT2D eigenvalue weighted by molar-refractivity contribution is 8.15. The lowest BCUT2D eigenvalue weighted by Gasteiger charge is -2.21. The SMILES string of the molecule is CC(=NN=C1NC(=O)CC(C(=O)Nc2ccc(C(=O)O)cc2)S1)c1ccc(Cl)cc1. The molecule has 1 fully saturated rings. The number of aromatic carboxylic acids is 1. The number of anilines is 1. The highest BCUT2D eigenvalue weighted by Crippen LogP contribution is 2.23. The summed E-state index contributed by atoms with van der Waals surface area (Å²) in [5, 5.41) is 22.5. The van der Waals surface area contributed by atoms with Gasteiger partial charge in [0.05, 0.1) is 11.3 Å². The summed E-state index contributed by atoms with van der Waals surface area (Å²) in [6, 6.07) is 12.8. The van der Waals surface area contributed by atoms with E-state index in [1.165, 1.54) is 24.3 Å². The van der Waals surface area contributed by atoms with Crippen LogP contribution < -0.4 is 10.6 Å². The summed E-state index contributed by atoms with van der Waals surface area (Å²) >= 11 is 6.97. The average Bonchev–Trinajstić information content (AvgIpc) is 2.72. The molecule has 0 radical (unpaired) electrons. The Bertz CT molecular complexity index is 1040. The second-order valence-electron chi connectivity index (χ2n) is 6.33. The number of nitrogens with one attached hydrogen (secondary N) is 2. The smallest absolute Gasteiger partial charge is 0.335 e. The first-order chi connectivity index (χ1) is 14.3. The van der Waals surface area contributed by atoms with Gasteiger partial charge in [-0.3, -0.25) is 9.59 Å². The molecule has 0 aliphatic carbocycles. The summed E-state index contributed by atoms with van der Waals surface area (Å²) in [7, 11) is 0. The molecule has 0 aromatic heterocycles. The van der Waals surface area contributed by atoms with Crippen molar-refractivity contribution in [1.82, 2.24) is 5.32 Å². The van der Waals surface area contributed by atoms with E-state index in [1.807, 2.05) is 0 Å². The maximum absolute atomic E-state index is 12.5. The molecule has 2 amide bonds. The van der Waals surface area contributed by atoms with E-state index < -0.39 is 11.2 Å². The van der Waals surface area contributed by atoms with Crippen LogP contribution in [0.2, 0.25) is 5.02 Å². The number of nitrogens with zero attached hydrogens (tertiary/aromatic N) is 2. The van der Waals surface area contributed by atoms with Crippen molar-refractivity contribution >= 4 is 57.7 Å². The number of halogens is 1. The lowest BCUT2D eigenvalue weighted by Crippen LogP contribution is -2.41. The largest absolute Gasteiger partial charge is 0.478 e. The van der Waals surface area contributed by atoms with Gasteiger partial charge in [-0.1, -0.05) is 35.5 Å². The summed E-state index contributed by atoms with van der Waals surface area (Å²) in [6.07, 6.45) is -0.0113. The van der Waals surface area contributed by atoms with Crippen LogP contribution in [0.3, 0.4) is 0 Å². The molecule has 0 spiro atoms. The summed E-state index contributed by atoms with van der Waals surface area (Å²) in [5.74, 6) is -1.78. The molecule has 1 heterocycles. The normalized spacial score (nSPS) is 18.1.